The summed E-state index contributed by atoms with van der Waals surface area (Å²) in [5, 5.41) is 3.11. The largest absolute Gasteiger partial charge is 0.344 e. The predicted octanol–water partition coefficient (Wildman–Crippen LogP) is 3.51. The molecular weight excluding hydrogens is 330 g/mol. The second kappa shape index (κ2) is 6.35. The first-order valence-electron chi connectivity index (χ1n) is 7.06. The van der Waals surface area contributed by atoms with Crippen molar-refractivity contribution in [3.63, 3.8) is 0 Å². The number of nitrogens with zero attached hydrogens (tertiary/aromatic N) is 2. The molecule has 5 heteroatoms. The number of hydrogen-bond donors (Lipinski definition) is 1. The Balaban J connectivity index is 1.80. The van der Waals surface area contributed by atoms with Crippen LogP contribution in [0.3, 0.4) is 0 Å². The van der Waals surface area contributed by atoms with E-state index in [-0.39, 0.29) is 11.9 Å². The normalized spacial score (nSPS) is 16.0. The summed E-state index contributed by atoms with van der Waals surface area (Å²) in [4.78, 5) is 20.3. The lowest BCUT2D eigenvalue weighted by Crippen LogP contribution is -2.36. The lowest BCUT2D eigenvalue weighted by Gasteiger charge is -2.34. The van der Waals surface area contributed by atoms with E-state index in [1.165, 1.54) is 18.8 Å². The fraction of sp³-hybridized carbons (Fsp3) is 0.312. The van der Waals surface area contributed by atoms with Crippen LogP contribution in [0.15, 0.2) is 47.3 Å². The van der Waals surface area contributed by atoms with Crippen LogP contribution in [0.4, 0.5) is 0 Å². The highest BCUT2D eigenvalue weighted by molar-refractivity contribution is 9.10. The number of carbonyl (C=O) groups is 1. The van der Waals surface area contributed by atoms with E-state index in [2.05, 4.69) is 43.3 Å². The highest BCUT2D eigenvalue weighted by Crippen LogP contribution is 2.38. The van der Waals surface area contributed by atoms with Crippen molar-refractivity contribution >= 4 is 21.8 Å². The van der Waals surface area contributed by atoms with Crippen LogP contribution >= 0.6 is 15.9 Å². The van der Waals surface area contributed by atoms with E-state index in [0.717, 1.165) is 22.9 Å². The van der Waals surface area contributed by atoms with Crippen LogP contribution < -0.4 is 5.32 Å². The topological polar surface area (TPSA) is 54.9 Å². The Morgan fingerprint density at radius 3 is 2.57 bits per heavy atom. The predicted molar refractivity (Wildman–Crippen MR) is 83.7 cm³/mol. The summed E-state index contributed by atoms with van der Waals surface area (Å²) in [6, 6.07) is 8.18. The highest BCUT2D eigenvalue weighted by atomic mass is 79.9. The summed E-state index contributed by atoms with van der Waals surface area (Å²) in [5.74, 6) is 0.342. The molecule has 21 heavy (non-hydrogen) atoms. The number of carbonyl (C=O) groups excluding carboxylic acids is 1. The average molecular weight is 346 g/mol. The molecule has 3 rings (SSSR count). The van der Waals surface area contributed by atoms with Gasteiger partial charge in [-0.2, -0.15) is 0 Å². The van der Waals surface area contributed by atoms with Gasteiger partial charge in [0.1, 0.15) is 5.69 Å². The van der Waals surface area contributed by atoms with Crippen molar-refractivity contribution < 1.29 is 4.79 Å². The van der Waals surface area contributed by atoms with E-state index in [4.69, 9.17) is 0 Å². The molecule has 108 valence electrons. The van der Waals surface area contributed by atoms with Crippen LogP contribution in [0.5, 0.6) is 0 Å². The molecule has 1 aliphatic rings. The van der Waals surface area contributed by atoms with E-state index >= 15 is 0 Å². The van der Waals surface area contributed by atoms with Gasteiger partial charge >= 0.3 is 0 Å². The molecule has 1 fully saturated rings. The molecule has 4 nitrogen and oxygen atoms in total. The molecule has 1 aromatic heterocycles. The minimum Gasteiger partial charge on any atom is -0.344 e. The maximum Gasteiger partial charge on any atom is 0.271 e. The average Bonchev–Trinajstić information content (AvgIpc) is 2.46. The fourth-order valence-electron chi connectivity index (χ4n) is 2.55. The van der Waals surface area contributed by atoms with Crippen LogP contribution in [0, 0.1) is 5.92 Å². The summed E-state index contributed by atoms with van der Waals surface area (Å²) in [6.45, 7) is 0. The van der Waals surface area contributed by atoms with Crippen molar-refractivity contribution in [3.8, 4) is 0 Å². The molecule has 1 aliphatic carbocycles. The van der Waals surface area contributed by atoms with Crippen LogP contribution in [-0.2, 0) is 0 Å². The van der Waals surface area contributed by atoms with Crippen molar-refractivity contribution in [1.29, 1.82) is 0 Å². The zero-order valence-electron chi connectivity index (χ0n) is 11.5. The maximum absolute atomic E-state index is 12.3. The molecule has 1 amide bonds. The van der Waals surface area contributed by atoms with Crippen LogP contribution in [0.25, 0.3) is 0 Å². The molecule has 1 N–H and O–H groups in total. The molecule has 0 aliphatic heterocycles. The number of hydrogen-bond acceptors (Lipinski definition) is 3. The molecule has 1 aromatic carbocycles. The Morgan fingerprint density at radius 1 is 1.24 bits per heavy atom. The van der Waals surface area contributed by atoms with Gasteiger partial charge in [0, 0.05) is 16.9 Å². The van der Waals surface area contributed by atoms with Crippen molar-refractivity contribution in [2.24, 2.45) is 5.92 Å². The summed E-state index contributed by atoms with van der Waals surface area (Å²) >= 11 is 3.44. The van der Waals surface area contributed by atoms with Crippen LogP contribution in [-0.4, -0.2) is 15.9 Å². The van der Waals surface area contributed by atoms with Gasteiger partial charge < -0.3 is 5.32 Å². The summed E-state index contributed by atoms with van der Waals surface area (Å²) in [6.07, 6.45) is 8.14. The molecule has 0 radical (unpaired) electrons. The van der Waals surface area contributed by atoms with Gasteiger partial charge in [-0.05, 0) is 36.5 Å². The van der Waals surface area contributed by atoms with E-state index in [0.29, 0.717) is 11.6 Å². The van der Waals surface area contributed by atoms with Crippen molar-refractivity contribution in [2.75, 3.05) is 0 Å². The van der Waals surface area contributed by atoms with Crippen molar-refractivity contribution in [1.82, 2.24) is 15.3 Å². The molecule has 1 saturated carbocycles. The third-order valence-corrected chi connectivity index (χ3v) is 4.46. The fourth-order valence-corrected chi connectivity index (χ4v) is 2.81. The minimum absolute atomic E-state index is 0.0429. The van der Waals surface area contributed by atoms with Gasteiger partial charge in [-0.15, -0.1) is 0 Å². The SMILES string of the molecule is O=C(N[C@@H](c1ccc(Br)cc1)C1CCC1)c1cnccn1. The Labute approximate surface area is 132 Å². The zero-order valence-corrected chi connectivity index (χ0v) is 13.1. The van der Waals surface area contributed by atoms with E-state index in [1.54, 1.807) is 6.20 Å². The molecule has 0 bridgehead atoms. The first-order valence-corrected chi connectivity index (χ1v) is 7.85. The number of amides is 1. The monoisotopic (exact) mass is 345 g/mol. The molecule has 2 aromatic rings. The van der Waals surface area contributed by atoms with Crippen LogP contribution in [0.2, 0.25) is 0 Å². The smallest absolute Gasteiger partial charge is 0.271 e. The Hall–Kier alpha value is -1.75. The molecular formula is C16H16BrN3O. The van der Waals surface area contributed by atoms with Crippen LogP contribution in [0.1, 0.15) is 41.4 Å². The summed E-state index contributed by atoms with van der Waals surface area (Å²) in [7, 11) is 0. The van der Waals surface area contributed by atoms with Gasteiger partial charge in [-0.1, -0.05) is 34.5 Å². The van der Waals surface area contributed by atoms with Crippen molar-refractivity contribution in [3.05, 3.63) is 58.6 Å². The second-order valence-electron chi connectivity index (χ2n) is 5.28. The van der Waals surface area contributed by atoms with E-state index < -0.39 is 0 Å². The zero-order chi connectivity index (χ0) is 14.7. The standard InChI is InChI=1S/C16H16BrN3O/c17-13-6-4-12(5-7-13)15(11-2-1-3-11)20-16(21)14-10-18-8-9-19-14/h4-11,15H,1-3H2,(H,20,21)/t15-/m1/s1. The van der Waals surface area contributed by atoms with Gasteiger partial charge in [0.15, 0.2) is 0 Å². The number of nitrogens with one attached hydrogen (secondary N) is 1. The van der Waals surface area contributed by atoms with Gasteiger partial charge in [0.2, 0.25) is 0 Å². The van der Waals surface area contributed by atoms with Gasteiger partial charge in [0.25, 0.3) is 5.91 Å². The van der Waals surface area contributed by atoms with E-state index in [1.807, 2.05) is 12.1 Å². The minimum atomic E-state index is -0.164. The number of rotatable bonds is 4. The molecule has 0 unspecified atom stereocenters. The number of aromatic nitrogens is 2. The third-order valence-electron chi connectivity index (χ3n) is 3.93. The quantitative estimate of drug-likeness (QED) is 0.922. The number of benzene rings is 1. The Bertz CT molecular complexity index is 611. The first kappa shape index (κ1) is 14.2. The summed E-state index contributed by atoms with van der Waals surface area (Å²) in [5.41, 5.74) is 1.50. The van der Waals surface area contributed by atoms with Gasteiger partial charge in [-0.25, -0.2) is 4.98 Å². The lowest BCUT2D eigenvalue weighted by molar-refractivity contribution is 0.0895. The second-order valence-corrected chi connectivity index (χ2v) is 6.20. The van der Waals surface area contributed by atoms with Gasteiger partial charge in [-0.3, -0.25) is 9.78 Å². The number of halogens is 1. The van der Waals surface area contributed by atoms with Crippen molar-refractivity contribution in [2.45, 2.75) is 25.3 Å². The maximum atomic E-state index is 12.3. The highest BCUT2D eigenvalue weighted by Gasteiger charge is 2.30. The molecule has 1 heterocycles. The third kappa shape index (κ3) is 3.29. The van der Waals surface area contributed by atoms with Gasteiger partial charge in [0.05, 0.1) is 12.2 Å². The molecule has 0 saturated heterocycles. The van der Waals surface area contributed by atoms with E-state index in [9.17, 15) is 4.79 Å². The molecule has 0 spiro atoms. The molecule has 1 atom stereocenters. The lowest BCUT2D eigenvalue weighted by atomic mass is 9.77. The summed E-state index contributed by atoms with van der Waals surface area (Å²) < 4.78 is 1.04. The Morgan fingerprint density at radius 2 is 2.00 bits per heavy atom. The first-order chi connectivity index (χ1) is 10.2. The Kier molecular flexibility index (Phi) is 4.29.